The van der Waals surface area contributed by atoms with Crippen molar-refractivity contribution in [3.8, 4) is 16.9 Å². The molecule has 0 fully saturated rings. The Morgan fingerprint density at radius 1 is 0.941 bits per heavy atom. The molecule has 0 saturated heterocycles. The number of pyridine rings is 1. The van der Waals surface area contributed by atoms with Crippen molar-refractivity contribution in [2.45, 2.75) is 19.0 Å². The summed E-state index contributed by atoms with van der Waals surface area (Å²) in [6.45, 7) is -0.378. The number of benzene rings is 2. The number of anilines is 1. The smallest absolute Gasteiger partial charge is 0.394 e. The third-order valence-electron chi connectivity index (χ3n) is 4.72. The van der Waals surface area contributed by atoms with E-state index in [9.17, 15) is 22.4 Å². The first-order valence-corrected chi connectivity index (χ1v) is 10.1. The predicted molar refractivity (Wildman–Crippen MR) is 117 cm³/mol. The first kappa shape index (κ1) is 23.0. The summed E-state index contributed by atoms with van der Waals surface area (Å²) < 4.78 is 61.5. The lowest BCUT2D eigenvalue weighted by Crippen LogP contribution is -2.38. The van der Waals surface area contributed by atoms with Crippen LogP contribution in [-0.4, -0.2) is 33.3 Å². The second kappa shape index (κ2) is 9.00. The van der Waals surface area contributed by atoms with Gasteiger partial charge in [0.15, 0.2) is 5.65 Å². The molecule has 11 heteroatoms. The van der Waals surface area contributed by atoms with Crippen LogP contribution < -0.4 is 15.4 Å². The van der Waals surface area contributed by atoms with Crippen molar-refractivity contribution in [1.82, 2.24) is 19.9 Å². The number of fused-ring (bicyclic) bond motifs is 1. The van der Waals surface area contributed by atoms with Gasteiger partial charge in [-0.3, -0.25) is 4.40 Å². The summed E-state index contributed by atoms with van der Waals surface area (Å²) in [6.07, 6.45) is -1.91. The van der Waals surface area contributed by atoms with Gasteiger partial charge in [0.25, 0.3) is 0 Å². The molecule has 2 aromatic carbocycles. The average molecular weight is 473 g/mol. The second-order valence-corrected chi connectivity index (χ2v) is 7.48. The summed E-state index contributed by atoms with van der Waals surface area (Å²) in [7, 11) is 0. The van der Waals surface area contributed by atoms with Gasteiger partial charge in [-0.1, -0.05) is 30.3 Å². The Morgan fingerprint density at radius 2 is 1.62 bits per heavy atom. The molecule has 2 amide bonds. The van der Waals surface area contributed by atoms with Crippen molar-refractivity contribution in [2.24, 2.45) is 0 Å². The van der Waals surface area contributed by atoms with E-state index in [1.165, 1.54) is 36.5 Å². The van der Waals surface area contributed by atoms with Crippen molar-refractivity contribution < 1.29 is 27.1 Å². The zero-order valence-corrected chi connectivity index (χ0v) is 17.8. The molecule has 7 nitrogen and oxygen atoms in total. The minimum Gasteiger partial charge on any atom is -0.433 e. The maximum atomic E-state index is 14.9. The molecule has 0 bridgehead atoms. The molecule has 0 atom stereocenters. The van der Waals surface area contributed by atoms with Crippen molar-refractivity contribution >= 4 is 17.4 Å². The number of nitrogens with one attached hydrogen (secondary N) is 2. The number of urea groups is 1. The Labute approximate surface area is 191 Å². The Bertz CT molecular complexity index is 1290. The lowest BCUT2D eigenvalue weighted by atomic mass is 10.1. The summed E-state index contributed by atoms with van der Waals surface area (Å²) in [5, 5.41) is 12.0. The molecule has 4 rings (SSSR count). The Kier molecular flexibility index (Phi) is 6.10. The van der Waals surface area contributed by atoms with E-state index in [1.807, 2.05) is 0 Å². The van der Waals surface area contributed by atoms with Crippen LogP contribution in [0.4, 0.5) is 28.0 Å². The third kappa shape index (κ3) is 5.42. The number of hydrogen-bond acceptors (Lipinski definition) is 4. The van der Waals surface area contributed by atoms with E-state index in [0.717, 1.165) is 4.40 Å². The second-order valence-electron chi connectivity index (χ2n) is 7.48. The number of carbonyl (C=O) groups excluding carboxylic acids is 1. The topological polar surface area (TPSA) is 80.6 Å². The van der Waals surface area contributed by atoms with Crippen LogP contribution in [0.5, 0.6) is 5.75 Å². The Balaban J connectivity index is 1.51. The lowest BCUT2D eigenvalue weighted by molar-refractivity contribution is -0.158. The maximum absolute atomic E-state index is 14.9. The van der Waals surface area contributed by atoms with Gasteiger partial charge < -0.3 is 15.4 Å². The number of para-hydroxylation sites is 1. The minimum atomic E-state index is -3.53. The number of nitrogens with zero attached hydrogens (tertiary/aromatic N) is 3. The molecule has 0 unspecified atom stereocenters. The van der Waals surface area contributed by atoms with Crippen LogP contribution in [-0.2, 0) is 5.92 Å². The van der Waals surface area contributed by atoms with Gasteiger partial charge in [0.05, 0.1) is 6.54 Å². The van der Waals surface area contributed by atoms with E-state index >= 15 is 0 Å². The molecular weight excluding hydrogens is 454 g/mol. The van der Waals surface area contributed by atoms with E-state index in [-0.39, 0.29) is 11.4 Å². The van der Waals surface area contributed by atoms with Gasteiger partial charge in [0, 0.05) is 18.8 Å². The SMILES string of the molecule is CC(F)(F)Oc1ccc(-c2ccc3nnc(C(F)(F)CNC(=O)Nc4ccccc4)n3c2)cc1. The van der Waals surface area contributed by atoms with Crippen molar-refractivity contribution in [3.05, 3.63) is 78.8 Å². The van der Waals surface area contributed by atoms with Crippen LogP contribution in [0.3, 0.4) is 0 Å². The van der Waals surface area contributed by atoms with E-state index in [0.29, 0.717) is 23.7 Å². The molecule has 176 valence electrons. The fourth-order valence-corrected chi connectivity index (χ4v) is 3.20. The number of alkyl halides is 4. The van der Waals surface area contributed by atoms with Gasteiger partial charge >= 0.3 is 18.1 Å². The van der Waals surface area contributed by atoms with Gasteiger partial charge in [-0.25, -0.2) is 4.79 Å². The molecule has 0 aliphatic heterocycles. The van der Waals surface area contributed by atoms with Crippen LogP contribution >= 0.6 is 0 Å². The predicted octanol–water partition coefficient (Wildman–Crippen LogP) is 5.30. The number of hydrogen-bond donors (Lipinski definition) is 2. The van der Waals surface area contributed by atoms with Gasteiger partial charge in [-0.2, -0.15) is 17.6 Å². The van der Waals surface area contributed by atoms with E-state index in [4.69, 9.17) is 0 Å². The zero-order chi connectivity index (χ0) is 24.3. The van der Waals surface area contributed by atoms with Crippen LogP contribution in [0, 0.1) is 0 Å². The van der Waals surface area contributed by atoms with Crippen LogP contribution in [0.1, 0.15) is 12.7 Å². The van der Waals surface area contributed by atoms with Crippen molar-refractivity contribution in [2.75, 3.05) is 11.9 Å². The van der Waals surface area contributed by atoms with Gasteiger partial charge in [-0.05, 0) is 47.5 Å². The van der Waals surface area contributed by atoms with E-state index in [2.05, 4.69) is 25.6 Å². The highest BCUT2D eigenvalue weighted by Crippen LogP contribution is 2.29. The molecule has 0 aliphatic carbocycles. The average Bonchev–Trinajstić information content (AvgIpc) is 3.22. The molecule has 0 aliphatic rings. The highest BCUT2D eigenvalue weighted by atomic mass is 19.3. The molecule has 2 aromatic heterocycles. The minimum absolute atomic E-state index is 0.0336. The number of halogens is 4. The maximum Gasteiger partial charge on any atom is 0.394 e. The number of ether oxygens (including phenoxy) is 1. The molecule has 2 N–H and O–H groups in total. The van der Waals surface area contributed by atoms with Crippen molar-refractivity contribution in [1.29, 1.82) is 0 Å². The normalized spacial score (nSPS) is 11.9. The quantitative estimate of drug-likeness (QED) is 0.357. The van der Waals surface area contributed by atoms with Gasteiger partial charge in [-0.15, -0.1) is 10.2 Å². The first-order valence-electron chi connectivity index (χ1n) is 10.1. The largest absolute Gasteiger partial charge is 0.433 e. The van der Waals surface area contributed by atoms with Gasteiger partial charge in [0.1, 0.15) is 5.75 Å². The Morgan fingerprint density at radius 3 is 2.29 bits per heavy atom. The monoisotopic (exact) mass is 473 g/mol. The van der Waals surface area contributed by atoms with E-state index < -0.39 is 30.4 Å². The molecule has 4 aromatic rings. The summed E-state index contributed by atoms with van der Waals surface area (Å²) in [6, 6.07) is 16.5. The molecule has 2 heterocycles. The fraction of sp³-hybridized carbons (Fsp3) is 0.174. The third-order valence-corrected chi connectivity index (χ3v) is 4.72. The van der Waals surface area contributed by atoms with Crippen LogP contribution in [0.2, 0.25) is 0 Å². The molecular formula is C23H19F4N5O2. The molecule has 0 spiro atoms. The molecule has 0 saturated carbocycles. The molecule has 34 heavy (non-hydrogen) atoms. The summed E-state index contributed by atoms with van der Waals surface area (Å²) in [4.78, 5) is 12.0. The summed E-state index contributed by atoms with van der Waals surface area (Å²) in [5.41, 5.74) is 1.74. The van der Waals surface area contributed by atoms with Crippen LogP contribution in [0.15, 0.2) is 72.9 Å². The van der Waals surface area contributed by atoms with Gasteiger partial charge in [0.2, 0.25) is 5.82 Å². The molecule has 0 radical (unpaired) electrons. The zero-order valence-electron chi connectivity index (χ0n) is 17.8. The Hall–Kier alpha value is -4.15. The van der Waals surface area contributed by atoms with E-state index in [1.54, 1.807) is 36.4 Å². The number of carbonyl (C=O) groups is 1. The number of rotatable bonds is 7. The number of aromatic nitrogens is 3. The summed E-state index contributed by atoms with van der Waals surface area (Å²) in [5.74, 6) is -4.22. The number of amides is 2. The highest BCUT2D eigenvalue weighted by molar-refractivity contribution is 5.89. The van der Waals surface area contributed by atoms with Crippen molar-refractivity contribution in [3.63, 3.8) is 0 Å². The first-order chi connectivity index (χ1) is 16.1. The fourth-order valence-electron chi connectivity index (χ4n) is 3.20. The standard InChI is InChI=1S/C23H19F4N5O2/c1-22(24,25)34-18-10-7-15(8-11-18)16-9-12-19-30-31-20(32(19)13-16)23(26,27)14-28-21(33)29-17-5-3-2-4-6-17/h2-13H,14H2,1H3,(H2,28,29,33). The highest BCUT2D eigenvalue weighted by Gasteiger charge is 2.37. The van der Waals surface area contributed by atoms with Crippen LogP contribution in [0.25, 0.3) is 16.8 Å². The lowest BCUT2D eigenvalue weighted by Gasteiger charge is -2.16. The summed E-state index contributed by atoms with van der Waals surface area (Å²) >= 11 is 0.